The molecule has 1 fully saturated rings. The van der Waals surface area contributed by atoms with Gasteiger partial charge in [0.1, 0.15) is 11.6 Å². The predicted octanol–water partition coefficient (Wildman–Crippen LogP) is 2.47. The molecule has 1 aliphatic rings. The largest absolute Gasteiger partial charge is 0.337 e. The van der Waals surface area contributed by atoms with Crippen molar-refractivity contribution in [3.63, 3.8) is 0 Å². The summed E-state index contributed by atoms with van der Waals surface area (Å²) in [6.45, 7) is 3.42. The monoisotopic (exact) mass is 352 g/mol. The summed E-state index contributed by atoms with van der Waals surface area (Å²) in [5.41, 5.74) is 0.969. The third-order valence-corrected chi connectivity index (χ3v) is 4.67. The molecular formula is C15H18BrFN4. The number of imidazole rings is 1. The standard InChI is InChI=1S/C15H18BrFN4/c1-20-6-5-19-15(20)14-9-18-4-7-21(14)10-11-8-12(17)2-3-13(11)16/h2-3,5-6,8,14,18H,4,7,9-10H2,1H3. The molecule has 0 radical (unpaired) electrons. The van der Waals surface area contributed by atoms with Gasteiger partial charge < -0.3 is 9.88 Å². The number of piperazine rings is 1. The van der Waals surface area contributed by atoms with Gasteiger partial charge in [-0.2, -0.15) is 0 Å². The number of halogens is 2. The first-order valence-corrected chi connectivity index (χ1v) is 7.80. The van der Waals surface area contributed by atoms with Gasteiger partial charge in [0.05, 0.1) is 6.04 Å². The molecule has 1 saturated heterocycles. The summed E-state index contributed by atoms with van der Waals surface area (Å²) in [4.78, 5) is 6.81. The van der Waals surface area contributed by atoms with E-state index in [1.165, 1.54) is 6.07 Å². The lowest BCUT2D eigenvalue weighted by molar-refractivity contribution is 0.144. The van der Waals surface area contributed by atoms with E-state index < -0.39 is 0 Å². The van der Waals surface area contributed by atoms with Crippen LogP contribution in [0.4, 0.5) is 4.39 Å². The third-order valence-electron chi connectivity index (χ3n) is 3.89. The fourth-order valence-corrected chi connectivity index (χ4v) is 3.14. The molecule has 1 unspecified atom stereocenters. The zero-order valence-electron chi connectivity index (χ0n) is 11.9. The Morgan fingerprint density at radius 2 is 2.33 bits per heavy atom. The Kier molecular flexibility index (Phi) is 4.37. The van der Waals surface area contributed by atoms with Crippen LogP contribution in [0.5, 0.6) is 0 Å². The van der Waals surface area contributed by atoms with Crippen molar-refractivity contribution in [1.29, 1.82) is 0 Å². The van der Waals surface area contributed by atoms with E-state index in [4.69, 9.17) is 0 Å². The van der Waals surface area contributed by atoms with Crippen molar-refractivity contribution in [3.8, 4) is 0 Å². The van der Waals surface area contributed by atoms with Gasteiger partial charge >= 0.3 is 0 Å². The summed E-state index contributed by atoms with van der Waals surface area (Å²) in [5.74, 6) is 0.839. The molecule has 0 saturated carbocycles. The summed E-state index contributed by atoms with van der Waals surface area (Å²) in [7, 11) is 2.01. The molecule has 21 heavy (non-hydrogen) atoms. The van der Waals surface area contributed by atoms with Crippen LogP contribution in [0, 0.1) is 5.82 Å². The Hall–Kier alpha value is -1.24. The molecule has 112 valence electrons. The molecule has 0 amide bonds. The Morgan fingerprint density at radius 3 is 3.10 bits per heavy atom. The van der Waals surface area contributed by atoms with Gasteiger partial charge in [0.15, 0.2) is 0 Å². The van der Waals surface area contributed by atoms with E-state index in [0.29, 0.717) is 6.54 Å². The van der Waals surface area contributed by atoms with Crippen LogP contribution < -0.4 is 5.32 Å². The average molecular weight is 353 g/mol. The number of aromatic nitrogens is 2. The van der Waals surface area contributed by atoms with E-state index >= 15 is 0 Å². The molecule has 0 spiro atoms. The SMILES string of the molecule is Cn1ccnc1C1CNCCN1Cc1cc(F)ccc1Br. The smallest absolute Gasteiger partial charge is 0.127 e. The molecule has 2 aromatic rings. The minimum absolute atomic E-state index is 0.197. The Morgan fingerprint density at radius 1 is 1.48 bits per heavy atom. The zero-order chi connectivity index (χ0) is 14.8. The van der Waals surface area contributed by atoms with Crippen LogP contribution in [-0.2, 0) is 13.6 Å². The van der Waals surface area contributed by atoms with Crippen LogP contribution in [0.3, 0.4) is 0 Å². The highest BCUT2D eigenvalue weighted by Crippen LogP contribution is 2.26. The molecule has 6 heteroatoms. The van der Waals surface area contributed by atoms with Crippen molar-refractivity contribution in [3.05, 3.63) is 52.3 Å². The molecule has 2 heterocycles. The first kappa shape index (κ1) is 14.7. The zero-order valence-corrected chi connectivity index (χ0v) is 13.5. The maximum Gasteiger partial charge on any atom is 0.127 e. The highest BCUT2D eigenvalue weighted by molar-refractivity contribution is 9.10. The number of aryl methyl sites for hydroxylation is 1. The lowest BCUT2D eigenvalue weighted by atomic mass is 10.1. The van der Waals surface area contributed by atoms with Gasteiger partial charge in [0, 0.05) is 50.1 Å². The van der Waals surface area contributed by atoms with Crippen molar-refractivity contribution in [2.45, 2.75) is 12.6 Å². The van der Waals surface area contributed by atoms with E-state index in [1.54, 1.807) is 12.1 Å². The second-order valence-corrected chi connectivity index (χ2v) is 6.18. The highest BCUT2D eigenvalue weighted by atomic mass is 79.9. The van der Waals surface area contributed by atoms with Gasteiger partial charge in [-0.1, -0.05) is 15.9 Å². The van der Waals surface area contributed by atoms with E-state index in [1.807, 2.05) is 24.0 Å². The minimum Gasteiger partial charge on any atom is -0.337 e. The van der Waals surface area contributed by atoms with Gasteiger partial charge in [-0.15, -0.1) is 0 Å². The van der Waals surface area contributed by atoms with E-state index in [-0.39, 0.29) is 11.9 Å². The summed E-state index contributed by atoms with van der Waals surface area (Å²) < 4.78 is 16.5. The highest BCUT2D eigenvalue weighted by Gasteiger charge is 2.27. The van der Waals surface area contributed by atoms with Crippen molar-refractivity contribution in [2.24, 2.45) is 7.05 Å². The van der Waals surface area contributed by atoms with Gasteiger partial charge in [-0.05, 0) is 23.8 Å². The molecule has 0 aliphatic carbocycles. The fraction of sp³-hybridized carbons (Fsp3) is 0.400. The van der Waals surface area contributed by atoms with Crippen LogP contribution in [-0.4, -0.2) is 34.1 Å². The first-order chi connectivity index (χ1) is 10.1. The Labute approximate surface area is 132 Å². The Balaban J connectivity index is 1.85. The molecule has 1 aliphatic heterocycles. The summed E-state index contributed by atoms with van der Waals surface area (Å²) in [6.07, 6.45) is 3.78. The van der Waals surface area contributed by atoms with Crippen LogP contribution >= 0.6 is 15.9 Å². The van der Waals surface area contributed by atoms with Gasteiger partial charge in [-0.3, -0.25) is 4.90 Å². The van der Waals surface area contributed by atoms with Crippen molar-refractivity contribution >= 4 is 15.9 Å². The predicted molar refractivity (Wildman–Crippen MR) is 83.3 cm³/mol. The molecule has 1 aromatic carbocycles. The lowest BCUT2D eigenvalue weighted by Gasteiger charge is -2.35. The third kappa shape index (κ3) is 3.17. The number of nitrogens with one attached hydrogen (secondary N) is 1. The second-order valence-electron chi connectivity index (χ2n) is 5.32. The van der Waals surface area contributed by atoms with Gasteiger partial charge in [0.25, 0.3) is 0 Å². The topological polar surface area (TPSA) is 33.1 Å². The van der Waals surface area contributed by atoms with Crippen LogP contribution in [0.2, 0.25) is 0 Å². The fourth-order valence-electron chi connectivity index (χ4n) is 2.77. The summed E-state index contributed by atoms with van der Waals surface area (Å²) in [5, 5.41) is 3.41. The van der Waals surface area contributed by atoms with E-state index in [0.717, 1.165) is 35.5 Å². The van der Waals surface area contributed by atoms with Crippen molar-refractivity contribution in [1.82, 2.24) is 19.8 Å². The quantitative estimate of drug-likeness (QED) is 0.920. The number of hydrogen-bond donors (Lipinski definition) is 1. The summed E-state index contributed by atoms with van der Waals surface area (Å²) in [6, 6.07) is 5.04. The molecule has 1 N–H and O–H groups in total. The normalized spacial score (nSPS) is 19.9. The van der Waals surface area contributed by atoms with Crippen LogP contribution in [0.25, 0.3) is 0 Å². The number of nitrogens with zero attached hydrogens (tertiary/aromatic N) is 3. The molecule has 0 bridgehead atoms. The van der Waals surface area contributed by atoms with Gasteiger partial charge in [-0.25, -0.2) is 9.37 Å². The molecule has 3 rings (SSSR count). The van der Waals surface area contributed by atoms with E-state index in [9.17, 15) is 4.39 Å². The minimum atomic E-state index is -0.197. The number of hydrogen-bond acceptors (Lipinski definition) is 3. The lowest BCUT2D eigenvalue weighted by Crippen LogP contribution is -2.46. The van der Waals surface area contributed by atoms with Crippen LogP contribution in [0.1, 0.15) is 17.4 Å². The second kappa shape index (κ2) is 6.25. The van der Waals surface area contributed by atoms with Gasteiger partial charge in [0.2, 0.25) is 0 Å². The van der Waals surface area contributed by atoms with Crippen molar-refractivity contribution in [2.75, 3.05) is 19.6 Å². The molecule has 1 aromatic heterocycles. The van der Waals surface area contributed by atoms with Crippen LogP contribution in [0.15, 0.2) is 35.1 Å². The summed E-state index contributed by atoms with van der Waals surface area (Å²) >= 11 is 3.51. The maximum atomic E-state index is 13.5. The maximum absolute atomic E-state index is 13.5. The average Bonchev–Trinajstić information content (AvgIpc) is 2.90. The molecule has 1 atom stereocenters. The number of benzene rings is 1. The molecule has 4 nitrogen and oxygen atoms in total. The first-order valence-electron chi connectivity index (χ1n) is 7.01. The van der Waals surface area contributed by atoms with E-state index in [2.05, 4.69) is 31.1 Å². The Bertz CT molecular complexity index is 628. The van der Waals surface area contributed by atoms with Crippen molar-refractivity contribution < 1.29 is 4.39 Å². The molecular weight excluding hydrogens is 335 g/mol. The number of rotatable bonds is 3.